The molecule has 2 aromatic rings. The van der Waals surface area contributed by atoms with Crippen LogP contribution in [0, 0.1) is 6.92 Å². The summed E-state index contributed by atoms with van der Waals surface area (Å²) < 4.78 is 6.51. The Labute approximate surface area is 125 Å². The zero-order chi connectivity index (χ0) is 15.4. The van der Waals surface area contributed by atoms with Crippen LogP contribution in [0.1, 0.15) is 12.5 Å². The van der Waals surface area contributed by atoms with Gasteiger partial charge in [0.2, 0.25) is 0 Å². The molecule has 2 aromatic heterocycles. The standard InChI is InChI=1S/C13H15N3O4S/c1-3-20-11(19)6-16-12-9(4-8(2)5-14-12)15-13(16)21-7-10(17)18/h4-5H,3,6-7H2,1-2H3,(H,17,18). The van der Waals surface area contributed by atoms with Crippen molar-refractivity contribution in [2.45, 2.75) is 25.5 Å². The Hall–Kier alpha value is -2.09. The predicted molar refractivity (Wildman–Crippen MR) is 77.3 cm³/mol. The number of aromatic nitrogens is 3. The van der Waals surface area contributed by atoms with Gasteiger partial charge in [-0.1, -0.05) is 11.8 Å². The number of hydrogen-bond acceptors (Lipinski definition) is 6. The van der Waals surface area contributed by atoms with Crippen LogP contribution in [0.4, 0.5) is 0 Å². The Morgan fingerprint density at radius 2 is 2.24 bits per heavy atom. The van der Waals surface area contributed by atoms with Crippen molar-refractivity contribution in [3.8, 4) is 0 Å². The maximum absolute atomic E-state index is 11.7. The normalized spacial score (nSPS) is 10.8. The Kier molecular flexibility index (Phi) is 4.79. The second-order valence-corrected chi connectivity index (χ2v) is 5.27. The molecule has 0 unspecified atom stereocenters. The summed E-state index contributed by atoms with van der Waals surface area (Å²) in [5.74, 6) is -1.49. The van der Waals surface area contributed by atoms with Gasteiger partial charge in [0.15, 0.2) is 10.8 Å². The number of nitrogens with zero attached hydrogens (tertiary/aromatic N) is 3. The summed E-state index contributed by atoms with van der Waals surface area (Å²) in [5.41, 5.74) is 2.12. The van der Waals surface area contributed by atoms with Crippen molar-refractivity contribution in [2.75, 3.05) is 12.4 Å². The third kappa shape index (κ3) is 3.72. The smallest absolute Gasteiger partial charge is 0.326 e. The average Bonchev–Trinajstić information content (AvgIpc) is 2.74. The van der Waals surface area contributed by atoms with Gasteiger partial charge in [0.1, 0.15) is 12.1 Å². The molecule has 0 bridgehead atoms. The topological polar surface area (TPSA) is 94.3 Å². The molecule has 0 aliphatic rings. The zero-order valence-corrected chi connectivity index (χ0v) is 12.5. The van der Waals surface area contributed by atoms with E-state index in [-0.39, 0.29) is 18.9 Å². The van der Waals surface area contributed by atoms with Gasteiger partial charge in [-0.2, -0.15) is 0 Å². The zero-order valence-electron chi connectivity index (χ0n) is 11.7. The Morgan fingerprint density at radius 3 is 2.90 bits per heavy atom. The van der Waals surface area contributed by atoms with E-state index in [1.807, 2.05) is 13.0 Å². The van der Waals surface area contributed by atoms with Crippen molar-refractivity contribution in [1.29, 1.82) is 0 Å². The first-order valence-electron chi connectivity index (χ1n) is 6.34. The fourth-order valence-corrected chi connectivity index (χ4v) is 2.53. The highest BCUT2D eigenvalue weighted by Gasteiger charge is 2.16. The molecule has 0 saturated heterocycles. The predicted octanol–water partition coefficient (Wildman–Crippen LogP) is 1.48. The number of pyridine rings is 1. The number of aryl methyl sites for hydroxylation is 1. The van der Waals surface area contributed by atoms with Crippen LogP contribution in [0.25, 0.3) is 11.2 Å². The van der Waals surface area contributed by atoms with E-state index in [2.05, 4.69) is 9.97 Å². The SMILES string of the molecule is CCOC(=O)Cn1c(SCC(=O)O)nc2cc(C)cnc21. The van der Waals surface area contributed by atoms with Gasteiger partial charge in [-0.15, -0.1) is 0 Å². The van der Waals surface area contributed by atoms with Crippen LogP contribution < -0.4 is 0 Å². The van der Waals surface area contributed by atoms with Crippen LogP contribution in [0.2, 0.25) is 0 Å². The van der Waals surface area contributed by atoms with Crippen LogP contribution in [0.3, 0.4) is 0 Å². The van der Waals surface area contributed by atoms with Gasteiger partial charge in [0.05, 0.1) is 12.4 Å². The minimum absolute atomic E-state index is 0.0393. The molecule has 0 atom stereocenters. The highest BCUT2D eigenvalue weighted by atomic mass is 32.2. The third-order valence-electron chi connectivity index (χ3n) is 2.60. The molecule has 2 heterocycles. The van der Waals surface area contributed by atoms with Crippen molar-refractivity contribution in [2.24, 2.45) is 0 Å². The van der Waals surface area contributed by atoms with E-state index in [0.717, 1.165) is 17.3 Å². The number of carbonyl (C=O) groups excluding carboxylic acids is 1. The van der Waals surface area contributed by atoms with E-state index in [1.54, 1.807) is 17.7 Å². The summed E-state index contributed by atoms with van der Waals surface area (Å²) in [6.07, 6.45) is 1.68. The summed E-state index contributed by atoms with van der Waals surface area (Å²) in [6, 6.07) is 1.84. The van der Waals surface area contributed by atoms with Gasteiger partial charge in [-0.3, -0.25) is 14.2 Å². The molecular formula is C13H15N3O4S. The third-order valence-corrected chi connectivity index (χ3v) is 3.57. The summed E-state index contributed by atoms with van der Waals surface area (Å²) in [7, 11) is 0. The van der Waals surface area contributed by atoms with Crippen LogP contribution in [-0.4, -0.2) is 43.9 Å². The summed E-state index contributed by atoms with van der Waals surface area (Å²) in [4.78, 5) is 31.0. The lowest BCUT2D eigenvalue weighted by atomic mass is 10.3. The fraction of sp³-hybridized carbons (Fsp3) is 0.385. The number of fused-ring (bicyclic) bond motifs is 1. The molecular weight excluding hydrogens is 294 g/mol. The molecule has 7 nitrogen and oxygen atoms in total. The average molecular weight is 309 g/mol. The first kappa shape index (κ1) is 15.3. The minimum Gasteiger partial charge on any atom is -0.481 e. The Morgan fingerprint density at radius 1 is 1.48 bits per heavy atom. The molecule has 8 heteroatoms. The molecule has 21 heavy (non-hydrogen) atoms. The Bertz CT molecular complexity index is 683. The lowest BCUT2D eigenvalue weighted by molar-refractivity contribution is -0.143. The number of aliphatic carboxylic acids is 1. The number of ether oxygens (including phenoxy) is 1. The van der Waals surface area contributed by atoms with Crippen molar-refractivity contribution in [1.82, 2.24) is 14.5 Å². The number of esters is 1. The summed E-state index contributed by atoms with van der Waals surface area (Å²) >= 11 is 1.05. The molecule has 112 valence electrons. The first-order valence-corrected chi connectivity index (χ1v) is 7.33. The minimum atomic E-state index is -0.945. The second kappa shape index (κ2) is 6.57. The van der Waals surface area contributed by atoms with Crippen LogP contribution >= 0.6 is 11.8 Å². The van der Waals surface area contributed by atoms with E-state index in [4.69, 9.17) is 9.84 Å². The molecule has 0 saturated carbocycles. The number of hydrogen-bond donors (Lipinski definition) is 1. The van der Waals surface area contributed by atoms with Gasteiger partial charge in [0, 0.05) is 6.20 Å². The highest BCUT2D eigenvalue weighted by molar-refractivity contribution is 7.99. The highest BCUT2D eigenvalue weighted by Crippen LogP contribution is 2.23. The fourth-order valence-electron chi connectivity index (χ4n) is 1.81. The summed E-state index contributed by atoms with van der Waals surface area (Å²) in [5, 5.41) is 9.23. The van der Waals surface area contributed by atoms with Crippen LogP contribution in [0.15, 0.2) is 17.4 Å². The van der Waals surface area contributed by atoms with E-state index >= 15 is 0 Å². The number of carboxylic acids is 1. The molecule has 0 radical (unpaired) electrons. The second-order valence-electron chi connectivity index (χ2n) is 4.32. The monoisotopic (exact) mass is 309 g/mol. The number of carboxylic acid groups (broad SMARTS) is 1. The van der Waals surface area contributed by atoms with E-state index < -0.39 is 11.9 Å². The van der Waals surface area contributed by atoms with Crippen molar-refractivity contribution < 1.29 is 19.4 Å². The number of imidazole rings is 1. The van der Waals surface area contributed by atoms with Crippen LogP contribution in [0.5, 0.6) is 0 Å². The van der Waals surface area contributed by atoms with Gasteiger partial charge < -0.3 is 9.84 Å². The Balaban J connectivity index is 2.39. The van der Waals surface area contributed by atoms with E-state index in [1.165, 1.54) is 0 Å². The molecule has 0 aliphatic carbocycles. The lowest BCUT2D eigenvalue weighted by Crippen LogP contribution is -2.15. The molecule has 0 amide bonds. The number of thioether (sulfide) groups is 1. The molecule has 0 spiro atoms. The first-order chi connectivity index (χ1) is 10.0. The van der Waals surface area contributed by atoms with Crippen molar-refractivity contribution in [3.05, 3.63) is 17.8 Å². The summed E-state index contributed by atoms with van der Waals surface area (Å²) in [6.45, 7) is 3.87. The maximum Gasteiger partial charge on any atom is 0.326 e. The largest absolute Gasteiger partial charge is 0.481 e. The van der Waals surface area contributed by atoms with E-state index in [9.17, 15) is 9.59 Å². The van der Waals surface area contributed by atoms with Crippen molar-refractivity contribution in [3.63, 3.8) is 0 Å². The van der Waals surface area contributed by atoms with Crippen LogP contribution in [-0.2, 0) is 20.9 Å². The molecule has 1 N–H and O–H groups in total. The molecule has 0 aliphatic heterocycles. The number of carbonyl (C=O) groups is 2. The van der Waals surface area contributed by atoms with Gasteiger partial charge >= 0.3 is 11.9 Å². The quantitative estimate of drug-likeness (QED) is 0.638. The van der Waals surface area contributed by atoms with Gasteiger partial charge in [-0.05, 0) is 25.5 Å². The number of rotatable bonds is 6. The lowest BCUT2D eigenvalue weighted by Gasteiger charge is -2.07. The van der Waals surface area contributed by atoms with Crippen molar-refractivity contribution >= 4 is 34.9 Å². The maximum atomic E-state index is 11.7. The van der Waals surface area contributed by atoms with Gasteiger partial charge in [-0.25, -0.2) is 9.97 Å². The molecule has 0 aromatic carbocycles. The van der Waals surface area contributed by atoms with Gasteiger partial charge in [0.25, 0.3) is 0 Å². The molecule has 2 rings (SSSR count). The molecule has 0 fully saturated rings. The van der Waals surface area contributed by atoms with E-state index in [0.29, 0.717) is 16.3 Å².